The fourth-order valence-corrected chi connectivity index (χ4v) is 2.57. The highest BCUT2D eigenvalue weighted by Gasteiger charge is 2.13. The van der Waals surface area contributed by atoms with Crippen molar-refractivity contribution in [1.29, 1.82) is 0 Å². The van der Waals surface area contributed by atoms with Crippen molar-refractivity contribution >= 4 is 29.1 Å². The maximum absolute atomic E-state index is 11.0. The molecule has 1 unspecified atom stereocenters. The first-order valence-corrected chi connectivity index (χ1v) is 6.49. The zero-order valence-corrected chi connectivity index (χ0v) is 10.4. The van der Waals surface area contributed by atoms with Crippen molar-refractivity contribution in [2.24, 2.45) is 5.73 Å². The molecule has 0 aromatic carbocycles. The van der Waals surface area contributed by atoms with E-state index in [2.05, 4.69) is 9.72 Å². The topological polar surface area (TPSA) is 65.2 Å². The Labute approximate surface area is 97.2 Å². The van der Waals surface area contributed by atoms with E-state index in [0.717, 1.165) is 16.5 Å². The number of thiazole rings is 1. The van der Waals surface area contributed by atoms with Crippen LogP contribution in [0.3, 0.4) is 0 Å². The third kappa shape index (κ3) is 4.19. The number of hydrogen-bond acceptors (Lipinski definition) is 6. The normalized spacial score (nSPS) is 12.5. The Morgan fingerprint density at radius 1 is 1.80 bits per heavy atom. The molecule has 84 valence electrons. The van der Waals surface area contributed by atoms with Gasteiger partial charge in [-0.05, 0) is 6.92 Å². The number of nitrogens with zero attached hydrogens (tertiary/aromatic N) is 1. The van der Waals surface area contributed by atoms with Crippen molar-refractivity contribution in [2.45, 2.75) is 18.7 Å². The number of nitrogens with two attached hydrogens (primary N) is 1. The Bertz CT molecular complexity index is 328. The molecule has 0 saturated carbocycles. The van der Waals surface area contributed by atoms with E-state index in [1.807, 2.05) is 12.3 Å². The molecule has 0 saturated heterocycles. The van der Waals surface area contributed by atoms with Gasteiger partial charge in [-0.3, -0.25) is 4.79 Å². The minimum atomic E-state index is -0.542. The van der Waals surface area contributed by atoms with E-state index in [9.17, 15) is 4.79 Å². The largest absolute Gasteiger partial charge is 0.468 e. The minimum absolute atomic E-state index is 0.364. The van der Waals surface area contributed by atoms with E-state index in [-0.39, 0.29) is 5.97 Å². The van der Waals surface area contributed by atoms with Crippen molar-refractivity contribution in [3.63, 3.8) is 0 Å². The molecule has 0 bridgehead atoms. The number of aryl methyl sites for hydroxylation is 1. The van der Waals surface area contributed by atoms with Gasteiger partial charge in [0.1, 0.15) is 6.04 Å². The van der Waals surface area contributed by atoms with Crippen LogP contribution in [0.4, 0.5) is 0 Å². The second-order valence-corrected chi connectivity index (χ2v) is 5.10. The lowest BCUT2D eigenvalue weighted by molar-refractivity contribution is -0.141. The monoisotopic (exact) mass is 246 g/mol. The van der Waals surface area contributed by atoms with E-state index in [0.29, 0.717) is 5.75 Å². The summed E-state index contributed by atoms with van der Waals surface area (Å²) >= 11 is 3.22. The first-order valence-electron chi connectivity index (χ1n) is 4.45. The molecule has 4 nitrogen and oxygen atoms in total. The average Bonchev–Trinajstić information content (AvgIpc) is 2.63. The molecule has 1 rings (SSSR count). The average molecular weight is 246 g/mol. The maximum atomic E-state index is 11.0. The van der Waals surface area contributed by atoms with Crippen molar-refractivity contribution in [1.82, 2.24) is 4.98 Å². The zero-order valence-electron chi connectivity index (χ0n) is 8.73. The fourth-order valence-electron chi connectivity index (χ4n) is 0.984. The van der Waals surface area contributed by atoms with E-state index in [1.54, 1.807) is 23.1 Å². The molecule has 0 amide bonds. The van der Waals surface area contributed by atoms with Crippen molar-refractivity contribution in [3.8, 4) is 0 Å². The lowest BCUT2D eigenvalue weighted by Gasteiger charge is -2.07. The molecule has 0 aliphatic rings. The van der Waals surface area contributed by atoms with Gasteiger partial charge in [0.25, 0.3) is 0 Å². The van der Waals surface area contributed by atoms with Gasteiger partial charge in [0, 0.05) is 16.9 Å². The number of carbonyl (C=O) groups is 1. The molecule has 1 aromatic rings. The van der Waals surface area contributed by atoms with E-state index in [4.69, 9.17) is 5.73 Å². The third-order valence-electron chi connectivity index (χ3n) is 1.72. The zero-order chi connectivity index (χ0) is 11.3. The molecule has 1 atom stereocenters. The number of ether oxygens (including phenoxy) is 1. The first-order chi connectivity index (χ1) is 7.13. The molecule has 0 aliphatic carbocycles. The Hall–Kier alpha value is -0.590. The van der Waals surface area contributed by atoms with Crippen LogP contribution in [0, 0.1) is 6.92 Å². The quantitative estimate of drug-likeness (QED) is 0.790. The summed E-state index contributed by atoms with van der Waals surface area (Å²) in [6.45, 7) is 1.97. The van der Waals surface area contributed by atoms with Crippen LogP contribution in [0.5, 0.6) is 0 Å². The Morgan fingerprint density at radius 2 is 2.53 bits per heavy atom. The van der Waals surface area contributed by atoms with E-state index >= 15 is 0 Å². The molecular formula is C9H14N2O2S2. The fraction of sp³-hybridized carbons (Fsp3) is 0.556. The predicted octanol–water partition coefficient (Wildman–Crippen LogP) is 1.19. The third-order valence-corrected chi connectivity index (χ3v) is 3.63. The molecule has 0 radical (unpaired) electrons. The van der Waals surface area contributed by atoms with Crippen LogP contribution < -0.4 is 5.73 Å². The summed E-state index contributed by atoms with van der Waals surface area (Å²) in [4.78, 5) is 15.3. The van der Waals surface area contributed by atoms with Gasteiger partial charge in [-0.25, -0.2) is 4.98 Å². The van der Waals surface area contributed by atoms with Gasteiger partial charge in [-0.15, -0.1) is 11.3 Å². The van der Waals surface area contributed by atoms with Gasteiger partial charge in [-0.2, -0.15) is 11.8 Å². The summed E-state index contributed by atoms with van der Waals surface area (Å²) in [5, 5.41) is 3.08. The van der Waals surface area contributed by atoms with Crippen LogP contribution in [0.2, 0.25) is 0 Å². The SMILES string of the molecule is COC(=O)C(N)CSCc1csc(C)n1. The molecule has 0 spiro atoms. The highest BCUT2D eigenvalue weighted by Crippen LogP contribution is 2.15. The Kier molecular flexibility index (Phi) is 5.07. The number of thioether (sulfide) groups is 1. The summed E-state index contributed by atoms with van der Waals surface area (Å²) in [6.07, 6.45) is 0. The number of rotatable bonds is 5. The van der Waals surface area contributed by atoms with Gasteiger partial charge in [0.2, 0.25) is 0 Å². The minimum Gasteiger partial charge on any atom is -0.468 e. The second kappa shape index (κ2) is 6.09. The van der Waals surface area contributed by atoms with E-state index < -0.39 is 6.04 Å². The molecule has 1 aromatic heterocycles. The molecule has 0 fully saturated rings. The number of methoxy groups -OCH3 is 1. The van der Waals surface area contributed by atoms with Crippen LogP contribution >= 0.6 is 23.1 Å². The summed E-state index contributed by atoms with van der Waals surface area (Å²) in [7, 11) is 1.34. The molecule has 1 heterocycles. The van der Waals surface area contributed by atoms with Crippen LogP contribution in [0.25, 0.3) is 0 Å². The second-order valence-electron chi connectivity index (χ2n) is 3.00. The number of hydrogen-bond donors (Lipinski definition) is 1. The van der Waals surface area contributed by atoms with Gasteiger partial charge in [0.15, 0.2) is 0 Å². The summed E-state index contributed by atoms with van der Waals surface area (Å²) in [6, 6.07) is -0.542. The summed E-state index contributed by atoms with van der Waals surface area (Å²) in [5.74, 6) is 0.982. The van der Waals surface area contributed by atoms with Crippen LogP contribution in [0.1, 0.15) is 10.7 Å². The lowest BCUT2D eigenvalue weighted by Crippen LogP contribution is -2.33. The van der Waals surface area contributed by atoms with Crippen molar-refractivity contribution in [2.75, 3.05) is 12.9 Å². The molecule has 0 aliphatic heterocycles. The van der Waals surface area contributed by atoms with Crippen LogP contribution in [0.15, 0.2) is 5.38 Å². The van der Waals surface area contributed by atoms with E-state index in [1.165, 1.54) is 7.11 Å². The molecular weight excluding hydrogens is 232 g/mol. The predicted molar refractivity (Wildman–Crippen MR) is 63.0 cm³/mol. The van der Waals surface area contributed by atoms with Gasteiger partial charge < -0.3 is 10.5 Å². The summed E-state index contributed by atoms with van der Waals surface area (Å²) in [5.41, 5.74) is 6.63. The Balaban J connectivity index is 2.24. The highest BCUT2D eigenvalue weighted by molar-refractivity contribution is 7.98. The number of aromatic nitrogens is 1. The summed E-state index contributed by atoms with van der Waals surface area (Å²) < 4.78 is 4.53. The van der Waals surface area contributed by atoms with Gasteiger partial charge in [-0.1, -0.05) is 0 Å². The standard InChI is InChI=1S/C9H14N2O2S2/c1-6-11-7(4-15-6)3-14-5-8(10)9(12)13-2/h4,8H,3,5,10H2,1-2H3. The van der Waals surface area contributed by atoms with Gasteiger partial charge in [0.05, 0.1) is 17.8 Å². The smallest absolute Gasteiger partial charge is 0.323 e. The van der Waals surface area contributed by atoms with Crippen LogP contribution in [-0.2, 0) is 15.3 Å². The maximum Gasteiger partial charge on any atom is 0.323 e. The van der Waals surface area contributed by atoms with Gasteiger partial charge >= 0.3 is 5.97 Å². The Morgan fingerprint density at radius 3 is 3.07 bits per heavy atom. The van der Waals surface area contributed by atoms with Crippen molar-refractivity contribution in [3.05, 3.63) is 16.1 Å². The first kappa shape index (κ1) is 12.5. The van der Waals surface area contributed by atoms with Crippen molar-refractivity contribution < 1.29 is 9.53 Å². The molecule has 2 N–H and O–H groups in total. The highest BCUT2D eigenvalue weighted by atomic mass is 32.2. The molecule has 6 heteroatoms. The number of esters is 1. The molecule has 15 heavy (non-hydrogen) atoms. The lowest BCUT2D eigenvalue weighted by atomic mass is 10.4. The van der Waals surface area contributed by atoms with Crippen LogP contribution in [-0.4, -0.2) is 29.9 Å². The number of carbonyl (C=O) groups excluding carboxylic acids is 1.